The highest BCUT2D eigenvalue weighted by Crippen LogP contribution is 2.12. The normalized spacial score (nSPS) is 12.7. The molecule has 0 heterocycles. The van der Waals surface area contributed by atoms with E-state index in [-0.39, 0.29) is 18.9 Å². The molecule has 2 unspecified atom stereocenters. The topological polar surface area (TPSA) is 146 Å². The molecule has 0 radical (unpaired) electrons. The van der Waals surface area contributed by atoms with Crippen LogP contribution >= 0.6 is 0 Å². The van der Waals surface area contributed by atoms with Gasteiger partial charge in [-0.1, -0.05) is 30.3 Å². The third kappa shape index (κ3) is 7.77. The van der Waals surface area contributed by atoms with E-state index in [1.54, 1.807) is 54.6 Å². The van der Waals surface area contributed by atoms with Crippen molar-refractivity contribution >= 4 is 35.3 Å². The SMILES string of the molecule is CNC(=O)CC(NC)C(=O)OC(/C=C/c1ccc(N)cc1)C(=O)OCc1ccc(N)cc1. The summed E-state index contributed by atoms with van der Waals surface area (Å²) in [5, 5.41) is 5.16. The van der Waals surface area contributed by atoms with E-state index in [4.69, 9.17) is 20.9 Å². The summed E-state index contributed by atoms with van der Waals surface area (Å²) in [4.78, 5) is 36.9. The number of amides is 1. The molecule has 0 aliphatic heterocycles. The zero-order valence-electron chi connectivity index (χ0n) is 18.0. The largest absolute Gasteiger partial charge is 0.458 e. The monoisotopic (exact) mass is 440 g/mol. The second kappa shape index (κ2) is 12.1. The van der Waals surface area contributed by atoms with Crippen LogP contribution in [-0.4, -0.2) is 44.1 Å². The van der Waals surface area contributed by atoms with Gasteiger partial charge in [0.05, 0.1) is 6.42 Å². The van der Waals surface area contributed by atoms with Gasteiger partial charge in [-0.15, -0.1) is 0 Å². The third-order valence-electron chi connectivity index (χ3n) is 4.54. The minimum atomic E-state index is -1.31. The van der Waals surface area contributed by atoms with Crippen LogP contribution in [0.5, 0.6) is 0 Å². The first-order chi connectivity index (χ1) is 15.3. The number of rotatable bonds is 10. The first-order valence-corrected chi connectivity index (χ1v) is 9.95. The van der Waals surface area contributed by atoms with Crippen molar-refractivity contribution in [3.8, 4) is 0 Å². The Labute approximate surface area is 186 Å². The van der Waals surface area contributed by atoms with Crippen molar-refractivity contribution in [2.75, 3.05) is 25.6 Å². The number of likely N-dealkylation sites (N-methyl/N-ethyl adjacent to an activating group) is 1. The number of hydrogen-bond acceptors (Lipinski definition) is 8. The van der Waals surface area contributed by atoms with E-state index < -0.39 is 24.1 Å². The van der Waals surface area contributed by atoms with Crippen molar-refractivity contribution < 1.29 is 23.9 Å². The number of anilines is 2. The number of hydrogen-bond donors (Lipinski definition) is 4. The Morgan fingerprint density at radius 2 is 1.53 bits per heavy atom. The van der Waals surface area contributed by atoms with Crippen LogP contribution in [0.3, 0.4) is 0 Å². The highest BCUT2D eigenvalue weighted by molar-refractivity contribution is 5.88. The van der Waals surface area contributed by atoms with Crippen molar-refractivity contribution in [1.82, 2.24) is 10.6 Å². The van der Waals surface area contributed by atoms with Crippen LogP contribution in [0.1, 0.15) is 17.5 Å². The quantitative estimate of drug-likeness (QED) is 0.319. The van der Waals surface area contributed by atoms with Crippen LogP contribution in [0.15, 0.2) is 54.6 Å². The zero-order valence-corrected chi connectivity index (χ0v) is 18.0. The van der Waals surface area contributed by atoms with E-state index in [0.29, 0.717) is 11.4 Å². The Balaban J connectivity index is 2.13. The van der Waals surface area contributed by atoms with Crippen molar-refractivity contribution in [2.45, 2.75) is 25.2 Å². The summed E-state index contributed by atoms with van der Waals surface area (Å²) >= 11 is 0. The summed E-state index contributed by atoms with van der Waals surface area (Å²) in [7, 11) is 2.99. The summed E-state index contributed by atoms with van der Waals surface area (Å²) in [6.45, 7) is -0.0173. The summed E-state index contributed by atoms with van der Waals surface area (Å²) in [5.74, 6) is -1.86. The number of nitrogens with two attached hydrogens (primary N) is 2. The number of esters is 2. The predicted molar refractivity (Wildman–Crippen MR) is 122 cm³/mol. The summed E-state index contributed by atoms with van der Waals surface area (Å²) in [6, 6.07) is 12.9. The average Bonchev–Trinajstić information content (AvgIpc) is 2.80. The molecular weight excluding hydrogens is 412 g/mol. The van der Waals surface area contributed by atoms with Crippen molar-refractivity contribution in [2.24, 2.45) is 0 Å². The van der Waals surface area contributed by atoms with E-state index in [1.807, 2.05) is 0 Å². The lowest BCUT2D eigenvalue weighted by atomic mass is 10.1. The van der Waals surface area contributed by atoms with Crippen LogP contribution in [0.4, 0.5) is 11.4 Å². The molecule has 0 saturated carbocycles. The van der Waals surface area contributed by atoms with Gasteiger partial charge >= 0.3 is 11.9 Å². The molecule has 32 heavy (non-hydrogen) atoms. The molecule has 0 bridgehead atoms. The first kappa shape index (κ1) is 24.4. The maximum Gasteiger partial charge on any atom is 0.351 e. The lowest BCUT2D eigenvalue weighted by Crippen LogP contribution is -2.42. The molecule has 2 aromatic rings. The molecule has 0 aliphatic rings. The van der Waals surface area contributed by atoms with Crippen LogP contribution in [-0.2, 0) is 30.5 Å². The van der Waals surface area contributed by atoms with Crippen molar-refractivity contribution in [3.05, 3.63) is 65.7 Å². The van der Waals surface area contributed by atoms with Crippen molar-refractivity contribution in [1.29, 1.82) is 0 Å². The molecule has 2 aromatic carbocycles. The number of benzene rings is 2. The molecular formula is C23H28N4O5. The van der Waals surface area contributed by atoms with Gasteiger partial charge in [-0.3, -0.25) is 9.59 Å². The van der Waals surface area contributed by atoms with Gasteiger partial charge in [0, 0.05) is 18.4 Å². The molecule has 9 nitrogen and oxygen atoms in total. The van der Waals surface area contributed by atoms with Gasteiger partial charge in [0.25, 0.3) is 0 Å². The molecule has 170 valence electrons. The molecule has 0 aromatic heterocycles. The molecule has 0 fully saturated rings. The highest BCUT2D eigenvalue weighted by Gasteiger charge is 2.28. The second-order valence-electron chi connectivity index (χ2n) is 6.95. The maximum absolute atomic E-state index is 12.7. The van der Waals surface area contributed by atoms with Crippen LogP contribution in [0.2, 0.25) is 0 Å². The van der Waals surface area contributed by atoms with E-state index in [2.05, 4.69) is 10.6 Å². The first-order valence-electron chi connectivity index (χ1n) is 9.95. The molecule has 2 atom stereocenters. The van der Waals surface area contributed by atoms with Gasteiger partial charge in [0.1, 0.15) is 12.6 Å². The number of nitrogen functional groups attached to an aromatic ring is 2. The van der Waals surface area contributed by atoms with Gasteiger partial charge in [-0.05, 0) is 48.5 Å². The lowest BCUT2D eigenvalue weighted by Gasteiger charge is -2.18. The summed E-state index contributed by atoms with van der Waals surface area (Å²) in [5.41, 5.74) is 14.0. The molecule has 9 heteroatoms. The number of nitrogens with one attached hydrogen (secondary N) is 2. The Hall–Kier alpha value is -3.85. The molecule has 6 N–H and O–H groups in total. The number of carbonyl (C=O) groups excluding carboxylic acids is 3. The van der Waals surface area contributed by atoms with Gasteiger partial charge in [0.15, 0.2) is 0 Å². The molecule has 0 spiro atoms. The Morgan fingerprint density at radius 1 is 0.938 bits per heavy atom. The molecule has 2 rings (SSSR count). The van der Waals surface area contributed by atoms with Gasteiger partial charge in [0.2, 0.25) is 12.0 Å². The van der Waals surface area contributed by atoms with Crippen LogP contribution in [0.25, 0.3) is 6.08 Å². The van der Waals surface area contributed by atoms with E-state index in [0.717, 1.165) is 11.1 Å². The maximum atomic E-state index is 12.7. The Bertz CT molecular complexity index is 942. The predicted octanol–water partition coefficient (Wildman–Crippen LogP) is 1.24. The van der Waals surface area contributed by atoms with E-state index >= 15 is 0 Å². The van der Waals surface area contributed by atoms with Crippen molar-refractivity contribution in [3.63, 3.8) is 0 Å². The standard InChI is InChI=1S/C23H28N4O5/c1-26-19(13-21(28)27-2)22(29)32-20(12-7-15-3-8-17(24)9-4-15)23(30)31-14-16-5-10-18(25)11-6-16/h3-12,19-20,26H,13-14,24-25H2,1-2H3,(H,27,28)/b12-7+. The Kier molecular flexibility index (Phi) is 9.24. The second-order valence-corrected chi connectivity index (χ2v) is 6.95. The number of carbonyl (C=O) groups is 3. The average molecular weight is 441 g/mol. The van der Waals surface area contributed by atoms with E-state index in [9.17, 15) is 14.4 Å². The third-order valence-corrected chi connectivity index (χ3v) is 4.54. The van der Waals surface area contributed by atoms with E-state index in [1.165, 1.54) is 20.2 Å². The lowest BCUT2D eigenvalue weighted by molar-refractivity contribution is -0.166. The fourth-order valence-electron chi connectivity index (χ4n) is 2.62. The zero-order chi connectivity index (χ0) is 23.5. The summed E-state index contributed by atoms with van der Waals surface area (Å²) in [6.07, 6.45) is 1.59. The fraction of sp³-hybridized carbons (Fsp3) is 0.261. The van der Waals surface area contributed by atoms with Crippen LogP contribution in [0, 0.1) is 0 Å². The molecule has 0 saturated heterocycles. The van der Waals surface area contributed by atoms with Gasteiger partial charge in [-0.2, -0.15) is 0 Å². The Morgan fingerprint density at radius 3 is 2.09 bits per heavy atom. The summed E-state index contributed by atoms with van der Waals surface area (Å²) < 4.78 is 10.7. The molecule has 1 amide bonds. The molecule has 0 aliphatic carbocycles. The number of ether oxygens (including phenoxy) is 2. The fourth-order valence-corrected chi connectivity index (χ4v) is 2.62. The highest BCUT2D eigenvalue weighted by atomic mass is 16.6. The smallest absolute Gasteiger partial charge is 0.351 e. The van der Waals surface area contributed by atoms with Crippen LogP contribution < -0.4 is 22.1 Å². The van der Waals surface area contributed by atoms with Gasteiger partial charge in [-0.25, -0.2) is 4.79 Å². The minimum Gasteiger partial charge on any atom is -0.458 e. The van der Waals surface area contributed by atoms with Gasteiger partial charge < -0.3 is 31.6 Å². The minimum absolute atomic E-state index is 0.0173.